The number of nitrogen functional groups attached to an aromatic ring is 1. The molecule has 0 unspecified atom stereocenters. The minimum Gasteiger partial charge on any atom is -0.475 e. The number of hydrogen-bond acceptors (Lipinski definition) is 8. The monoisotopic (exact) mass is 456 g/mol. The van der Waals surface area contributed by atoms with E-state index in [1.807, 2.05) is 6.07 Å². The van der Waals surface area contributed by atoms with E-state index in [1.165, 1.54) is 11.2 Å². The molecule has 1 aromatic carbocycles. The van der Waals surface area contributed by atoms with Crippen molar-refractivity contribution >= 4 is 35.0 Å². The molecule has 0 fully saturated rings. The van der Waals surface area contributed by atoms with E-state index >= 15 is 0 Å². The molecule has 1 amide bonds. The molecular weight excluding hydrogens is 436 g/mol. The fourth-order valence-electron chi connectivity index (χ4n) is 3.38. The van der Waals surface area contributed by atoms with Crippen molar-refractivity contribution < 1.29 is 19.1 Å². The van der Waals surface area contributed by atoms with Gasteiger partial charge in [0.25, 0.3) is 5.91 Å². The zero-order valence-electron chi connectivity index (χ0n) is 17.3. The Morgan fingerprint density at radius 1 is 1.34 bits per heavy atom. The molecule has 3 heterocycles. The molecular formula is C21H21ClN6O4. The Bertz CT molecular complexity index is 1160. The molecule has 4 rings (SSSR count). The number of ether oxygens (including phenoxy) is 2. The molecule has 2 aromatic heterocycles. The predicted octanol–water partition coefficient (Wildman–Crippen LogP) is 2.57. The smallest absolute Gasteiger partial charge is 0.307 e. The van der Waals surface area contributed by atoms with Crippen LogP contribution in [0.2, 0.25) is 5.02 Å². The maximum atomic E-state index is 13.1. The maximum absolute atomic E-state index is 13.1. The molecule has 10 nitrogen and oxygen atoms in total. The van der Waals surface area contributed by atoms with Crippen molar-refractivity contribution in [3.05, 3.63) is 47.5 Å². The Morgan fingerprint density at radius 3 is 2.97 bits per heavy atom. The first kappa shape index (κ1) is 21.6. The minimum absolute atomic E-state index is 0.0600. The number of carbonyl (C=O) groups excluding carboxylic acids is 2. The quantitative estimate of drug-likeness (QED) is 0.561. The number of anilines is 2. The number of benzene rings is 1. The number of hydrogen-bond donors (Lipinski definition) is 1. The molecule has 0 bridgehead atoms. The van der Waals surface area contributed by atoms with Crippen LogP contribution in [0.25, 0.3) is 11.1 Å². The summed E-state index contributed by atoms with van der Waals surface area (Å²) < 4.78 is 12.2. The molecule has 3 aromatic rings. The van der Waals surface area contributed by atoms with Crippen molar-refractivity contribution in [2.45, 2.75) is 19.9 Å². The Morgan fingerprint density at radius 2 is 2.19 bits per heavy atom. The maximum Gasteiger partial charge on any atom is 0.307 e. The first-order valence-electron chi connectivity index (χ1n) is 10.0. The van der Waals surface area contributed by atoms with Gasteiger partial charge in [-0.3, -0.25) is 14.3 Å². The van der Waals surface area contributed by atoms with Crippen molar-refractivity contribution in [2.75, 3.05) is 30.4 Å². The number of nitrogens with zero attached hydrogens (tertiary/aromatic N) is 5. The number of fused-ring (bicyclic) bond motifs is 1. The molecule has 0 radical (unpaired) electrons. The molecule has 32 heavy (non-hydrogen) atoms. The van der Waals surface area contributed by atoms with Gasteiger partial charge < -0.3 is 20.1 Å². The van der Waals surface area contributed by atoms with Crippen molar-refractivity contribution in [2.24, 2.45) is 0 Å². The SMILES string of the molecule is CCOC(=O)CCn1cc(-c2ccc(N3CCOc4ncnc(N)c4C3=O)cc2Cl)cn1. The molecule has 0 spiro atoms. The highest BCUT2D eigenvalue weighted by Crippen LogP contribution is 2.33. The second-order valence-electron chi connectivity index (χ2n) is 6.96. The molecule has 0 atom stereocenters. The molecule has 11 heteroatoms. The summed E-state index contributed by atoms with van der Waals surface area (Å²) in [5.74, 6) is -0.398. The van der Waals surface area contributed by atoms with Crippen LogP contribution in [0.15, 0.2) is 36.9 Å². The van der Waals surface area contributed by atoms with Crippen LogP contribution in [0, 0.1) is 0 Å². The summed E-state index contributed by atoms with van der Waals surface area (Å²) >= 11 is 6.55. The Labute approximate surface area is 188 Å². The molecule has 1 aliphatic heterocycles. The lowest BCUT2D eigenvalue weighted by atomic mass is 10.1. The number of aromatic nitrogens is 4. The van der Waals surface area contributed by atoms with Crippen molar-refractivity contribution in [3.63, 3.8) is 0 Å². The molecule has 1 aliphatic rings. The second-order valence-corrected chi connectivity index (χ2v) is 7.36. The summed E-state index contributed by atoms with van der Waals surface area (Å²) in [4.78, 5) is 34.1. The third-order valence-electron chi connectivity index (χ3n) is 4.91. The van der Waals surface area contributed by atoms with Gasteiger partial charge in [0.2, 0.25) is 5.88 Å². The fourth-order valence-corrected chi connectivity index (χ4v) is 3.66. The largest absolute Gasteiger partial charge is 0.475 e. The van der Waals surface area contributed by atoms with E-state index in [1.54, 1.807) is 36.1 Å². The van der Waals surface area contributed by atoms with Gasteiger partial charge in [0.05, 0.1) is 37.3 Å². The van der Waals surface area contributed by atoms with Gasteiger partial charge in [0.1, 0.15) is 24.3 Å². The third kappa shape index (κ3) is 4.35. The molecule has 0 aliphatic carbocycles. The number of aryl methyl sites for hydroxylation is 1. The van der Waals surface area contributed by atoms with E-state index in [0.29, 0.717) is 30.4 Å². The van der Waals surface area contributed by atoms with Crippen LogP contribution in [0.4, 0.5) is 11.5 Å². The van der Waals surface area contributed by atoms with Crippen molar-refractivity contribution in [1.29, 1.82) is 0 Å². The van der Waals surface area contributed by atoms with E-state index in [2.05, 4.69) is 15.1 Å². The Kier molecular flexibility index (Phi) is 6.22. The number of carbonyl (C=O) groups is 2. The molecule has 2 N–H and O–H groups in total. The van der Waals surface area contributed by atoms with Gasteiger partial charge >= 0.3 is 5.97 Å². The van der Waals surface area contributed by atoms with Gasteiger partial charge in [-0.25, -0.2) is 9.97 Å². The molecule has 0 saturated heterocycles. The number of esters is 1. The normalized spacial score (nSPS) is 13.3. The van der Waals surface area contributed by atoms with Crippen LogP contribution in [0.5, 0.6) is 5.88 Å². The lowest BCUT2D eigenvalue weighted by Gasteiger charge is -2.21. The highest BCUT2D eigenvalue weighted by molar-refractivity contribution is 6.33. The van der Waals surface area contributed by atoms with Crippen LogP contribution in [0.1, 0.15) is 23.7 Å². The van der Waals surface area contributed by atoms with Gasteiger partial charge in [-0.15, -0.1) is 0 Å². The predicted molar refractivity (Wildman–Crippen MR) is 118 cm³/mol. The average molecular weight is 457 g/mol. The van der Waals surface area contributed by atoms with Gasteiger partial charge in [0, 0.05) is 23.0 Å². The summed E-state index contributed by atoms with van der Waals surface area (Å²) in [6, 6.07) is 5.31. The summed E-state index contributed by atoms with van der Waals surface area (Å²) in [7, 11) is 0. The first-order chi connectivity index (χ1) is 15.5. The van der Waals surface area contributed by atoms with Gasteiger partial charge in [0.15, 0.2) is 0 Å². The summed E-state index contributed by atoms with van der Waals surface area (Å²) in [5, 5.41) is 4.73. The van der Waals surface area contributed by atoms with Crippen LogP contribution < -0.4 is 15.4 Å². The zero-order valence-corrected chi connectivity index (χ0v) is 18.1. The van der Waals surface area contributed by atoms with Crippen LogP contribution >= 0.6 is 11.6 Å². The lowest BCUT2D eigenvalue weighted by molar-refractivity contribution is -0.143. The van der Waals surface area contributed by atoms with E-state index < -0.39 is 0 Å². The van der Waals surface area contributed by atoms with Crippen LogP contribution in [0.3, 0.4) is 0 Å². The highest BCUT2D eigenvalue weighted by atomic mass is 35.5. The highest BCUT2D eigenvalue weighted by Gasteiger charge is 2.29. The second kappa shape index (κ2) is 9.23. The number of amides is 1. The van der Waals surface area contributed by atoms with Crippen molar-refractivity contribution in [3.8, 4) is 17.0 Å². The number of rotatable bonds is 6. The minimum atomic E-state index is -0.355. The van der Waals surface area contributed by atoms with Crippen LogP contribution in [-0.4, -0.2) is 51.4 Å². The number of halogens is 1. The standard InChI is InChI=1S/C21H21ClN6O4/c1-2-31-17(29)5-6-27-11-13(10-26-27)15-4-3-14(9-16(15)22)28-7-8-32-20-18(21(28)30)19(23)24-12-25-20/h3-4,9-12H,2,5-8H2,1H3,(H2,23,24,25). The van der Waals surface area contributed by atoms with E-state index in [9.17, 15) is 9.59 Å². The summed E-state index contributed by atoms with van der Waals surface area (Å²) in [5.41, 5.74) is 8.16. The van der Waals surface area contributed by atoms with Gasteiger partial charge in [-0.05, 0) is 19.1 Å². The lowest BCUT2D eigenvalue weighted by Crippen LogP contribution is -2.32. The summed E-state index contributed by atoms with van der Waals surface area (Å²) in [6.45, 7) is 3.07. The Balaban J connectivity index is 1.55. The molecule has 0 saturated carbocycles. The number of nitrogens with two attached hydrogens (primary N) is 1. The zero-order chi connectivity index (χ0) is 22.7. The summed E-state index contributed by atoms with van der Waals surface area (Å²) in [6.07, 6.45) is 4.97. The average Bonchev–Trinajstić information content (AvgIpc) is 3.16. The topological polar surface area (TPSA) is 125 Å². The van der Waals surface area contributed by atoms with E-state index in [0.717, 1.165) is 11.1 Å². The fraction of sp³-hybridized carbons (Fsp3) is 0.286. The van der Waals surface area contributed by atoms with Gasteiger partial charge in [-0.2, -0.15) is 5.10 Å². The third-order valence-corrected chi connectivity index (χ3v) is 5.23. The Hall–Kier alpha value is -3.66. The molecule has 166 valence electrons. The van der Waals surface area contributed by atoms with Crippen molar-refractivity contribution in [1.82, 2.24) is 19.7 Å². The van der Waals surface area contributed by atoms with Crippen LogP contribution in [-0.2, 0) is 16.1 Å². The van der Waals surface area contributed by atoms with E-state index in [-0.39, 0.29) is 42.2 Å². The van der Waals surface area contributed by atoms with Gasteiger partial charge in [-0.1, -0.05) is 17.7 Å². The first-order valence-corrected chi connectivity index (χ1v) is 10.4. The van der Waals surface area contributed by atoms with E-state index in [4.69, 9.17) is 26.8 Å².